The number of ether oxygens (including phenoxy) is 3. The molecule has 0 spiro atoms. The summed E-state index contributed by atoms with van der Waals surface area (Å²) in [7, 11) is 8.22. The zero-order valence-corrected chi connectivity index (χ0v) is 7.48. The smallest absolute Gasteiger partial charge is 0.104 e. The fourth-order valence-electron chi connectivity index (χ4n) is 0.659. The van der Waals surface area contributed by atoms with Gasteiger partial charge < -0.3 is 14.2 Å². The monoisotopic (exact) mass is 200 g/mol. The third kappa shape index (κ3) is 4.82. The van der Waals surface area contributed by atoms with E-state index in [1.807, 2.05) is 0 Å². The largest absolute Gasteiger partial charge is 0.376 e. The quantitative estimate of drug-likeness (QED) is 0.640. The van der Waals surface area contributed by atoms with Gasteiger partial charge in [-0.2, -0.15) is 0 Å². The molecule has 2 saturated heterocycles. The van der Waals surface area contributed by atoms with Crippen molar-refractivity contribution in [3.63, 3.8) is 0 Å². The van der Waals surface area contributed by atoms with Gasteiger partial charge in [0, 0.05) is 21.7 Å². The van der Waals surface area contributed by atoms with Crippen LogP contribution in [0, 0.1) is 0 Å². The van der Waals surface area contributed by atoms with E-state index in [2.05, 4.69) is 21.7 Å². The van der Waals surface area contributed by atoms with Crippen LogP contribution in [-0.2, 0) is 14.2 Å². The molecule has 0 radical (unpaired) electrons. The normalized spacial score (nSPS) is 32.2. The van der Waals surface area contributed by atoms with Crippen LogP contribution in [0.4, 0.5) is 0 Å². The summed E-state index contributed by atoms with van der Waals surface area (Å²) in [5, 5.41) is 0. The van der Waals surface area contributed by atoms with Gasteiger partial charge in [-0.25, -0.2) is 0 Å². The summed E-state index contributed by atoms with van der Waals surface area (Å²) in [6, 6.07) is 0. The van der Waals surface area contributed by atoms with E-state index in [0.717, 1.165) is 26.4 Å². The van der Waals surface area contributed by atoms with E-state index in [0.29, 0.717) is 12.2 Å². The third-order valence-corrected chi connectivity index (χ3v) is 1.41. The van der Waals surface area contributed by atoms with Crippen LogP contribution in [0.1, 0.15) is 0 Å². The van der Waals surface area contributed by atoms with E-state index in [1.54, 1.807) is 0 Å². The molecule has 66 valence electrons. The van der Waals surface area contributed by atoms with Crippen molar-refractivity contribution in [2.45, 2.75) is 12.2 Å². The van der Waals surface area contributed by atoms with Crippen molar-refractivity contribution in [2.75, 3.05) is 26.4 Å². The van der Waals surface area contributed by atoms with Crippen LogP contribution in [-0.4, -0.2) is 38.6 Å². The molecule has 0 aromatic rings. The van der Waals surface area contributed by atoms with Crippen molar-refractivity contribution in [3.8, 4) is 0 Å². The third-order valence-electron chi connectivity index (χ3n) is 1.41. The Labute approximate surface area is 75.1 Å². The summed E-state index contributed by atoms with van der Waals surface area (Å²) in [6.07, 6.45) is 0.785. The van der Waals surface area contributed by atoms with Crippen LogP contribution >= 0.6 is 21.7 Å². The summed E-state index contributed by atoms with van der Waals surface area (Å²) in [5.74, 6) is 0. The second kappa shape index (κ2) is 5.17. The molecular formula is C6H10Cl2O3. The molecule has 2 heterocycles. The topological polar surface area (TPSA) is 34.3 Å². The first-order valence-corrected chi connectivity index (χ1v) is 4.54. The second-order valence-electron chi connectivity index (χ2n) is 2.45. The Balaban J connectivity index is 0.000000281. The highest BCUT2D eigenvalue weighted by Gasteiger charge is 2.26. The number of epoxide rings is 2. The molecule has 5 heteroatoms. The summed E-state index contributed by atoms with van der Waals surface area (Å²) in [4.78, 5) is 0. The standard InChI is InChI=1S/C6H10O3.Cl2/c1(5-3-8-5)7-2-6-4-9-6;1-2/h5-6H,1-4H2;. The van der Waals surface area contributed by atoms with Crippen molar-refractivity contribution in [1.29, 1.82) is 0 Å². The number of hydrogen-bond donors (Lipinski definition) is 0. The van der Waals surface area contributed by atoms with Crippen LogP contribution in [0.2, 0.25) is 0 Å². The average molecular weight is 201 g/mol. The highest BCUT2D eigenvalue weighted by molar-refractivity contribution is 6.85. The first kappa shape index (κ1) is 9.55. The minimum atomic E-state index is 0.392. The molecule has 2 aliphatic heterocycles. The Hall–Kier alpha value is 0.460. The highest BCUT2D eigenvalue weighted by atomic mass is 36.5. The van der Waals surface area contributed by atoms with Crippen LogP contribution in [0.25, 0.3) is 0 Å². The second-order valence-corrected chi connectivity index (χ2v) is 2.45. The average Bonchev–Trinajstić information content (AvgIpc) is 2.86. The molecule has 0 aromatic heterocycles. The van der Waals surface area contributed by atoms with Crippen molar-refractivity contribution in [2.24, 2.45) is 0 Å². The summed E-state index contributed by atoms with van der Waals surface area (Å²) < 4.78 is 15.1. The zero-order valence-electron chi connectivity index (χ0n) is 5.96. The van der Waals surface area contributed by atoms with Crippen LogP contribution in [0.3, 0.4) is 0 Å². The van der Waals surface area contributed by atoms with Gasteiger partial charge in [0.2, 0.25) is 0 Å². The maximum atomic E-state index is 5.23. The number of hydrogen-bond acceptors (Lipinski definition) is 3. The van der Waals surface area contributed by atoms with Gasteiger partial charge in [-0.15, -0.1) is 0 Å². The lowest BCUT2D eigenvalue weighted by atomic mass is 10.5. The van der Waals surface area contributed by atoms with E-state index in [-0.39, 0.29) is 0 Å². The van der Waals surface area contributed by atoms with Crippen molar-refractivity contribution in [1.82, 2.24) is 0 Å². The lowest BCUT2D eigenvalue weighted by Gasteiger charge is -1.95. The minimum Gasteiger partial charge on any atom is -0.376 e. The molecule has 11 heavy (non-hydrogen) atoms. The van der Waals surface area contributed by atoms with E-state index >= 15 is 0 Å². The van der Waals surface area contributed by atoms with Crippen LogP contribution in [0.5, 0.6) is 0 Å². The van der Waals surface area contributed by atoms with Gasteiger partial charge in [0.15, 0.2) is 0 Å². The van der Waals surface area contributed by atoms with Crippen molar-refractivity contribution >= 4 is 21.7 Å². The molecule has 0 saturated carbocycles. The van der Waals surface area contributed by atoms with Gasteiger partial charge >= 0.3 is 0 Å². The maximum Gasteiger partial charge on any atom is 0.104 e. The van der Waals surface area contributed by atoms with E-state index < -0.39 is 0 Å². The summed E-state index contributed by atoms with van der Waals surface area (Å²) in [5.41, 5.74) is 0. The molecule has 2 unspecified atom stereocenters. The van der Waals surface area contributed by atoms with Gasteiger partial charge in [-0.05, 0) is 0 Å². The van der Waals surface area contributed by atoms with Gasteiger partial charge in [-0.3, -0.25) is 0 Å². The number of rotatable bonds is 4. The van der Waals surface area contributed by atoms with E-state index in [4.69, 9.17) is 14.2 Å². The lowest BCUT2D eigenvalue weighted by molar-refractivity contribution is 0.102. The minimum absolute atomic E-state index is 0.392. The Bertz CT molecular complexity index is 92.0. The van der Waals surface area contributed by atoms with Gasteiger partial charge in [0.05, 0.1) is 26.4 Å². The Morgan fingerprint density at radius 1 is 1.09 bits per heavy atom. The van der Waals surface area contributed by atoms with Crippen molar-refractivity contribution < 1.29 is 14.2 Å². The van der Waals surface area contributed by atoms with E-state index in [9.17, 15) is 0 Å². The highest BCUT2D eigenvalue weighted by Crippen LogP contribution is 2.12. The fourth-order valence-corrected chi connectivity index (χ4v) is 0.659. The Kier molecular flexibility index (Phi) is 4.48. The van der Waals surface area contributed by atoms with Crippen LogP contribution in [0.15, 0.2) is 0 Å². The van der Waals surface area contributed by atoms with Gasteiger partial charge in [0.1, 0.15) is 12.2 Å². The summed E-state index contributed by atoms with van der Waals surface area (Å²) >= 11 is 0. The molecule has 2 aliphatic rings. The van der Waals surface area contributed by atoms with Gasteiger partial charge in [0.25, 0.3) is 0 Å². The molecule has 3 nitrogen and oxygen atoms in total. The predicted molar refractivity (Wildman–Crippen MR) is 42.0 cm³/mol. The Morgan fingerprint density at radius 3 is 1.73 bits per heavy atom. The van der Waals surface area contributed by atoms with Gasteiger partial charge in [-0.1, -0.05) is 0 Å². The molecule has 2 fully saturated rings. The number of halogens is 2. The first-order valence-electron chi connectivity index (χ1n) is 3.40. The molecule has 0 amide bonds. The summed E-state index contributed by atoms with van der Waals surface area (Å²) in [6.45, 7) is 3.26. The van der Waals surface area contributed by atoms with E-state index in [1.165, 1.54) is 0 Å². The maximum absolute atomic E-state index is 5.23. The molecule has 2 rings (SSSR count). The lowest BCUT2D eigenvalue weighted by Crippen LogP contribution is -2.06. The predicted octanol–water partition coefficient (Wildman–Crippen LogP) is 1.18. The molecule has 2 atom stereocenters. The fraction of sp³-hybridized carbons (Fsp3) is 1.00. The van der Waals surface area contributed by atoms with Crippen LogP contribution < -0.4 is 0 Å². The molecule has 0 aromatic carbocycles. The zero-order chi connectivity index (χ0) is 8.10. The Morgan fingerprint density at radius 2 is 1.45 bits per heavy atom. The molecule has 0 aliphatic carbocycles. The first-order chi connectivity index (χ1) is 5.45. The SMILES string of the molecule is C(OCC1CO1)C1CO1.ClCl. The molecular weight excluding hydrogens is 191 g/mol. The van der Waals surface area contributed by atoms with Crippen molar-refractivity contribution in [3.05, 3.63) is 0 Å². The molecule has 0 N–H and O–H groups in total. The molecule has 0 bridgehead atoms.